The number of hydrogen-bond donors (Lipinski definition) is 1. The van der Waals surface area contributed by atoms with E-state index in [2.05, 4.69) is 5.32 Å². The monoisotopic (exact) mass is 247 g/mol. The molecule has 0 bridgehead atoms. The first-order chi connectivity index (χ1) is 7.03. The van der Waals surface area contributed by atoms with Gasteiger partial charge in [-0.1, -0.05) is 18.5 Å². The molecule has 1 aromatic carbocycles. The highest BCUT2D eigenvalue weighted by Gasteiger charge is 2.05. The summed E-state index contributed by atoms with van der Waals surface area (Å²) >= 11 is 5.72. The highest BCUT2D eigenvalue weighted by atomic mass is 35.5. The Balaban J connectivity index is 2.42. The number of anilines is 1. The van der Waals surface area contributed by atoms with Gasteiger partial charge in [-0.3, -0.25) is 0 Å². The van der Waals surface area contributed by atoms with Crippen molar-refractivity contribution in [1.29, 1.82) is 0 Å². The Morgan fingerprint density at radius 3 is 2.40 bits per heavy atom. The van der Waals surface area contributed by atoms with Gasteiger partial charge in [0, 0.05) is 23.0 Å². The molecule has 1 rings (SSSR count). The Morgan fingerprint density at radius 1 is 1.27 bits per heavy atom. The van der Waals surface area contributed by atoms with Crippen molar-refractivity contribution in [3.05, 3.63) is 29.3 Å². The summed E-state index contributed by atoms with van der Waals surface area (Å²) in [6.07, 6.45) is 0. The molecule has 0 spiro atoms. The van der Waals surface area contributed by atoms with Gasteiger partial charge in [0.2, 0.25) is 0 Å². The predicted octanol–water partition coefficient (Wildman–Crippen LogP) is 2.19. The van der Waals surface area contributed by atoms with Crippen molar-refractivity contribution in [2.75, 3.05) is 23.4 Å². The lowest BCUT2D eigenvalue weighted by molar-refractivity contribution is 0.597. The van der Waals surface area contributed by atoms with Crippen molar-refractivity contribution in [1.82, 2.24) is 0 Å². The molecule has 84 valence electrons. The number of halogens is 1. The number of hydrogen-bond acceptors (Lipinski definition) is 3. The summed E-state index contributed by atoms with van der Waals surface area (Å²) in [4.78, 5) is 0. The fourth-order valence-electron chi connectivity index (χ4n) is 1.06. The molecule has 15 heavy (non-hydrogen) atoms. The maximum Gasteiger partial charge on any atom is 0.151 e. The van der Waals surface area contributed by atoms with Gasteiger partial charge in [-0.25, -0.2) is 8.42 Å². The Bertz CT molecular complexity index is 400. The van der Waals surface area contributed by atoms with Crippen molar-refractivity contribution in [2.45, 2.75) is 6.92 Å². The van der Waals surface area contributed by atoms with Gasteiger partial charge >= 0.3 is 0 Å². The van der Waals surface area contributed by atoms with Gasteiger partial charge in [-0.2, -0.15) is 0 Å². The van der Waals surface area contributed by atoms with Crippen LogP contribution in [0.25, 0.3) is 0 Å². The van der Waals surface area contributed by atoms with E-state index < -0.39 is 9.84 Å². The summed E-state index contributed by atoms with van der Waals surface area (Å²) < 4.78 is 22.4. The van der Waals surface area contributed by atoms with Gasteiger partial charge in [0.05, 0.1) is 5.75 Å². The second-order valence-corrected chi connectivity index (χ2v) is 6.08. The molecule has 3 nitrogen and oxygen atoms in total. The summed E-state index contributed by atoms with van der Waals surface area (Å²) in [5.74, 6) is 0.349. The van der Waals surface area contributed by atoms with E-state index in [0.29, 0.717) is 11.6 Å². The highest BCUT2D eigenvalue weighted by Crippen LogP contribution is 2.12. The lowest BCUT2D eigenvalue weighted by Gasteiger charge is -2.05. The van der Waals surface area contributed by atoms with Crippen molar-refractivity contribution in [3.63, 3.8) is 0 Å². The van der Waals surface area contributed by atoms with Crippen molar-refractivity contribution in [2.24, 2.45) is 0 Å². The van der Waals surface area contributed by atoms with Crippen LogP contribution in [0.15, 0.2) is 24.3 Å². The van der Waals surface area contributed by atoms with E-state index in [1.165, 1.54) is 0 Å². The maximum absolute atomic E-state index is 11.2. The average Bonchev–Trinajstić information content (AvgIpc) is 2.21. The first-order valence-corrected chi connectivity index (χ1v) is 6.93. The molecule has 0 saturated carbocycles. The van der Waals surface area contributed by atoms with E-state index >= 15 is 0 Å². The first-order valence-electron chi connectivity index (χ1n) is 4.73. The van der Waals surface area contributed by atoms with E-state index in [0.717, 1.165) is 5.69 Å². The van der Waals surface area contributed by atoms with Crippen molar-refractivity contribution < 1.29 is 8.42 Å². The van der Waals surface area contributed by atoms with Crippen molar-refractivity contribution >= 4 is 27.1 Å². The number of nitrogens with one attached hydrogen (secondary N) is 1. The standard InChI is InChI=1S/C10H14ClNO2S/c1-2-15(13,14)8-7-12-10-5-3-9(11)4-6-10/h3-6,12H,2,7-8H2,1H3. The lowest BCUT2D eigenvalue weighted by Crippen LogP contribution is -2.17. The molecule has 0 aliphatic rings. The molecule has 1 aromatic rings. The van der Waals surface area contributed by atoms with Crippen LogP contribution in [0, 0.1) is 0 Å². The van der Waals surface area contributed by atoms with E-state index in [4.69, 9.17) is 11.6 Å². The number of sulfone groups is 1. The molecule has 0 amide bonds. The number of benzene rings is 1. The van der Waals surface area contributed by atoms with Gasteiger partial charge in [0.25, 0.3) is 0 Å². The van der Waals surface area contributed by atoms with Crippen LogP contribution >= 0.6 is 11.6 Å². The average molecular weight is 248 g/mol. The van der Waals surface area contributed by atoms with Crippen LogP contribution in [-0.4, -0.2) is 26.5 Å². The highest BCUT2D eigenvalue weighted by molar-refractivity contribution is 7.91. The van der Waals surface area contributed by atoms with E-state index in [1.54, 1.807) is 19.1 Å². The summed E-state index contributed by atoms with van der Waals surface area (Å²) in [6, 6.07) is 7.16. The third kappa shape index (κ3) is 4.53. The normalized spacial score (nSPS) is 11.3. The van der Waals surface area contributed by atoms with Gasteiger partial charge in [-0.15, -0.1) is 0 Å². The summed E-state index contributed by atoms with van der Waals surface area (Å²) in [5.41, 5.74) is 0.880. The first kappa shape index (κ1) is 12.3. The van der Waals surface area contributed by atoms with Gasteiger partial charge < -0.3 is 5.32 Å². The van der Waals surface area contributed by atoms with Gasteiger partial charge in [-0.05, 0) is 24.3 Å². The molecule has 1 N–H and O–H groups in total. The van der Waals surface area contributed by atoms with Crippen molar-refractivity contribution in [3.8, 4) is 0 Å². The Morgan fingerprint density at radius 2 is 1.87 bits per heavy atom. The molecular weight excluding hydrogens is 234 g/mol. The topological polar surface area (TPSA) is 46.2 Å². The molecule has 0 aliphatic carbocycles. The fraction of sp³-hybridized carbons (Fsp3) is 0.400. The smallest absolute Gasteiger partial charge is 0.151 e. The zero-order valence-electron chi connectivity index (χ0n) is 8.53. The quantitative estimate of drug-likeness (QED) is 0.868. The zero-order chi connectivity index (χ0) is 11.3. The summed E-state index contributed by atoms with van der Waals surface area (Å²) in [7, 11) is -2.89. The summed E-state index contributed by atoms with van der Waals surface area (Å²) in [6.45, 7) is 2.08. The lowest BCUT2D eigenvalue weighted by atomic mass is 10.3. The van der Waals surface area contributed by atoms with Crippen LogP contribution in [0.3, 0.4) is 0 Å². The zero-order valence-corrected chi connectivity index (χ0v) is 10.1. The predicted molar refractivity (Wildman–Crippen MR) is 64.3 cm³/mol. The molecule has 0 aromatic heterocycles. The minimum Gasteiger partial charge on any atom is -0.384 e. The maximum atomic E-state index is 11.2. The number of rotatable bonds is 5. The molecule has 0 saturated heterocycles. The Hall–Kier alpha value is -0.740. The molecule has 0 fully saturated rings. The van der Waals surface area contributed by atoms with Crippen LogP contribution in [0.4, 0.5) is 5.69 Å². The second-order valence-electron chi connectivity index (χ2n) is 3.17. The Kier molecular flexibility index (Phi) is 4.42. The molecule has 5 heteroatoms. The largest absolute Gasteiger partial charge is 0.384 e. The van der Waals surface area contributed by atoms with Crippen LogP contribution in [0.5, 0.6) is 0 Å². The third-order valence-corrected chi connectivity index (χ3v) is 3.98. The fourth-order valence-corrected chi connectivity index (χ4v) is 1.89. The molecule has 0 unspecified atom stereocenters. The summed E-state index contributed by atoms with van der Waals surface area (Å²) in [5, 5.41) is 3.69. The minimum absolute atomic E-state index is 0.159. The van der Waals surface area contributed by atoms with Crippen LogP contribution in [-0.2, 0) is 9.84 Å². The van der Waals surface area contributed by atoms with Gasteiger partial charge in [0.1, 0.15) is 0 Å². The van der Waals surface area contributed by atoms with E-state index in [1.807, 2.05) is 12.1 Å². The molecule has 0 aliphatic heterocycles. The van der Waals surface area contributed by atoms with Crippen LogP contribution in [0.2, 0.25) is 5.02 Å². The van der Waals surface area contributed by atoms with E-state index in [9.17, 15) is 8.42 Å². The van der Waals surface area contributed by atoms with Gasteiger partial charge in [0.15, 0.2) is 9.84 Å². The molecule has 0 heterocycles. The van der Waals surface area contributed by atoms with E-state index in [-0.39, 0.29) is 11.5 Å². The molecule has 0 radical (unpaired) electrons. The third-order valence-electron chi connectivity index (χ3n) is 2.03. The molecular formula is C10H14ClNO2S. The minimum atomic E-state index is -2.89. The SMILES string of the molecule is CCS(=O)(=O)CCNc1ccc(Cl)cc1. The van der Waals surface area contributed by atoms with Crippen LogP contribution in [0.1, 0.15) is 6.92 Å². The second kappa shape index (κ2) is 5.37. The van der Waals surface area contributed by atoms with Crippen LogP contribution < -0.4 is 5.32 Å². The molecule has 0 atom stereocenters. The Labute approximate surface area is 95.4 Å².